The Hall–Kier alpha value is -3.02. The first-order valence-corrected chi connectivity index (χ1v) is 7.28. The molecule has 23 heavy (non-hydrogen) atoms. The summed E-state index contributed by atoms with van der Waals surface area (Å²) in [5, 5.41) is 7.23. The van der Waals surface area contributed by atoms with Crippen LogP contribution in [0.3, 0.4) is 0 Å². The molecular formula is C17H17N5O. The Morgan fingerprint density at radius 1 is 1.17 bits per heavy atom. The van der Waals surface area contributed by atoms with Crippen LogP contribution in [0.2, 0.25) is 0 Å². The van der Waals surface area contributed by atoms with Crippen LogP contribution in [-0.4, -0.2) is 25.7 Å². The van der Waals surface area contributed by atoms with Crippen molar-refractivity contribution in [2.75, 3.05) is 0 Å². The first-order valence-electron chi connectivity index (χ1n) is 7.28. The van der Waals surface area contributed by atoms with Crippen molar-refractivity contribution in [3.05, 3.63) is 65.9 Å². The molecule has 0 aliphatic carbocycles. The molecule has 2 heterocycles. The number of carbonyl (C=O) groups excluding carboxylic acids is 1. The van der Waals surface area contributed by atoms with Gasteiger partial charge in [-0.25, -0.2) is 0 Å². The topological polar surface area (TPSA) is 72.7 Å². The fraction of sp³-hybridized carbons (Fsp3) is 0.176. The number of hydrogen-bond donors (Lipinski definition) is 1. The van der Waals surface area contributed by atoms with Gasteiger partial charge in [0.25, 0.3) is 5.91 Å². The van der Waals surface area contributed by atoms with E-state index in [4.69, 9.17) is 0 Å². The molecule has 1 aromatic carbocycles. The van der Waals surface area contributed by atoms with Crippen LogP contribution >= 0.6 is 0 Å². The fourth-order valence-electron chi connectivity index (χ4n) is 2.20. The number of hydrogen-bond acceptors (Lipinski definition) is 4. The van der Waals surface area contributed by atoms with Crippen molar-refractivity contribution in [1.82, 2.24) is 25.1 Å². The standard InChI is InChI=1S/C17H17N5O/c1-12-9-19-14(10-18-12)11-20-17(23)16-8-15(21-22(16)2)13-6-4-3-5-7-13/h3-10H,11H2,1-2H3,(H,20,23). The summed E-state index contributed by atoms with van der Waals surface area (Å²) in [6, 6.07) is 11.5. The zero-order valence-corrected chi connectivity index (χ0v) is 13.0. The molecule has 0 fully saturated rings. The van der Waals surface area contributed by atoms with Gasteiger partial charge in [0.05, 0.1) is 29.8 Å². The summed E-state index contributed by atoms with van der Waals surface area (Å²) in [6.07, 6.45) is 3.34. The van der Waals surface area contributed by atoms with Gasteiger partial charge in [-0.1, -0.05) is 30.3 Å². The molecule has 6 nitrogen and oxygen atoms in total. The molecule has 0 spiro atoms. The zero-order valence-electron chi connectivity index (χ0n) is 13.0. The SMILES string of the molecule is Cc1cnc(CNC(=O)c2cc(-c3ccccc3)nn2C)cn1. The van der Waals surface area contributed by atoms with E-state index in [2.05, 4.69) is 20.4 Å². The maximum absolute atomic E-state index is 12.3. The highest BCUT2D eigenvalue weighted by atomic mass is 16.2. The summed E-state index contributed by atoms with van der Waals surface area (Å²) < 4.78 is 1.58. The minimum Gasteiger partial charge on any atom is -0.345 e. The molecule has 116 valence electrons. The van der Waals surface area contributed by atoms with Crippen LogP contribution in [0.4, 0.5) is 0 Å². The van der Waals surface area contributed by atoms with E-state index in [1.165, 1.54) is 0 Å². The predicted octanol–water partition coefficient (Wildman–Crippen LogP) is 2.12. The third-order valence-electron chi connectivity index (χ3n) is 3.45. The lowest BCUT2D eigenvalue weighted by molar-refractivity contribution is 0.0941. The van der Waals surface area contributed by atoms with Crippen LogP contribution in [0.5, 0.6) is 0 Å². The van der Waals surface area contributed by atoms with E-state index in [0.717, 1.165) is 22.6 Å². The fourth-order valence-corrected chi connectivity index (χ4v) is 2.20. The van der Waals surface area contributed by atoms with Crippen LogP contribution < -0.4 is 5.32 Å². The van der Waals surface area contributed by atoms with Crippen molar-refractivity contribution < 1.29 is 4.79 Å². The molecule has 0 radical (unpaired) electrons. The third-order valence-corrected chi connectivity index (χ3v) is 3.45. The van der Waals surface area contributed by atoms with Crippen molar-refractivity contribution in [3.8, 4) is 11.3 Å². The Labute approximate surface area is 134 Å². The highest BCUT2D eigenvalue weighted by molar-refractivity contribution is 5.93. The average molecular weight is 307 g/mol. The smallest absolute Gasteiger partial charge is 0.269 e. The second kappa shape index (κ2) is 6.39. The average Bonchev–Trinajstić information content (AvgIpc) is 2.97. The number of rotatable bonds is 4. The molecular weight excluding hydrogens is 290 g/mol. The molecule has 0 aliphatic heterocycles. The monoisotopic (exact) mass is 307 g/mol. The quantitative estimate of drug-likeness (QED) is 0.801. The molecule has 1 amide bonds. The predicted molar refractivity (Wildman–Crippen MR) is 86.6 cm³/mol. The van der Waals surface area contributed by atoms with Gasteiger partial charge in [0.2, 0.25) is 0 Å². The van der Waals surface area contributed by atoms with Gasteiger partial charge in [0.15, 0.2) is 0 Å². The lowest BCUT2D eigenvalue weighted by Gasteiger charge is -2.04. The van der Waals surface area contributed by atoms with E-state index in [-0.39, 0.29) is 5.91 Å². The number of nitrogens with one attached hydrogen (secondary N) is 1. The highest BCUT2D eigenvalue weighted by Crippen LogP contribution is 2.18. The molecule has 2 aromatic heterocycles. The molecule has 3 aromatic rings. The number of nitrogens with zero attached hydrogens (tertiary/aromatic N) is 4. The lowest BCUT2D eigenvalue weighted by atomic mass is 10.1. The highest BCUT2D eigenvalue weighted by Gasteiger charge is 2.14. The van der Waals surface area contributed by atoms with E-state index in [0.29, 0.717) is 12.2 Å². The van der Waals surface area contributed by atoms with Gasteiger partial charge in [0, 0.05) is 18.8 Å². The maximum Gasteiger partial charge on any atom is 0.269 e. The molecule has 0 saturated carbocycles. The first-order chi connectivity index (χ1) is 11.1. The van der Waals surface area contributed by atoms with Crippen molar-refractivity contribution in [3.63, 3.8) is 0 Å². The molecule has 1 N–H and O–H groups in total. The Bertz CT molecular complexity index is 809. The Balaban J connectivity index is 1.72. The summed E-state index contributed by atoms with van der Waals surface area (Å²) in [4.78, 5) is 20.7. The van der Waals surface area contributed by atoms with Gasteiger partial charge in [-0.2, -0.15) is 5.10 Å². The van der Waals surface area contributed by atoms with Crippen molar-refractivity contribution in [1.29, 1.82) is 0 Å². The van der Waals surface area contributed by atoms with Crippen LogP contribution in [0.1, 0.15) is 21.9 Å². The summed E-state index contributed by atoms with van der Waals surface area (Å²) in [7, 11) is 1.76. The minimum absolute atomic E-state index is 0.190. The van der Waals surface area contributed by atoms with Gasteiger partial charge in [-0.05, 0) is 13.0 Å². The van der Waals surface area contributed by atoms with Gasteiger partial charge >= 0.3 is 0 Å². The number of benzene rings is 1. The number of carbonyl (C=O) groups is 1. The second-order valence-electron chi connectivity index (χ2n) is 5.24. The van der Waals surface area contributed by atoms with Crippen LogP contribution in [0.25, 0.3) is 11.3 Å². The van der Waals surface area contributed by atoms with Gasteiger partial charge in [0.1, 0.15) is 5.69 Å². The molecule has 0 unspecified atom stereocenters. The van der Waals surface area contributed by atoms with E-state index < -0.39 is 0 Å². The normalized spacial score (nSPS) is 10.5. The summed E-state index contributed by atoms with van der Waals surface area (Å²) in [5.41, 5.74) is 3.82. The summed E-state index contributed by atoms with van der Waals surface area (Å²) in [5.74, 6) is -0.190. The molecule has 3 rings (SSSR count). The molecule has 0 atom stereocenters. The largest absolute Gasteiger partial charge is 0.345 e. The van der Waals surface area contributed by atoms with Crippen LogP contribution in [0.15, 0.2) is 48.8 Å². The third kappa shape index (κ3) is 3.42. The number of aryl methyl sites for hydroxylation is 2. The second-order valence-corrected chi connectivity index (χ2v) is 5.24. The van der Waals surface area contributed by atoms with E-state index >= 15 is 0 Å². The van der Waals surface area contributed by atoms with Crippen molar-refractivity contribution in [2.45, 2.75) is 13.5 Å². The van der Waals surface area contributed by atoms with Gasteiger partial charge in [-0.3, -0.25) is 19.4 Å². The van der Waals surface area contributed by atoms with Crippen LogP contribution in [-0.2, 0) is 13.6 Å². The van der Waals surface area contributed by atoms with E-state index in [1.54, 1.807) is 30.2 Å². The first kappa shape index (κ1) is 14.9. The molecule has 0 aliphatic rings. The van der Waals surface area contributed by atoms with Crippen molar-refractivity contribution >= 4 is 5.91 Å². The number of aromatic nitrogens is 4. The van der Waals surface area contributed by atoms with E-state index in [9.17, 15) is 4.79 Å². The van der Waals surface area contributed by atoms with E-state index in [1.807, 2.05) is 37.3 Å². The van der Waals surface area contributed by atoms with Gasteiger partial charge < -0.3 is 5.32 Å². The maximum atomic E-state index is 12.3. The number of amides is 1. The van der Waals surface area contributed by atoms with Crippen LogP contribution in [0, 0.1) is 6.92 Å². The molecule has 0 saturated heterocycles. The lowest BCUT2D eigenvalue weighted by Crippen LogP contribution is -2.25. The zero-order chi connectivity index (χ0) is 16.2. The molecule has 0 bridgehead atoms. The van der Waals surface area contributed by atoms with Crippen molar-refractivity contribution in [2.24, 2.45) is 7.05 Å². The Morgan fingerprint density at radius 2 is 1.96 bits per heavy atom. The van der Waals surface area contributed by atoms with Gasteiger partial charge in [-0.15, -0.1) is 0 Å². The Kier molecular flexibility index (Phi) is 4.14. The minimum atomic E-state index is -0.190. The molecule has 6 heteroatoms. The summed E-state index contributed by atoms with van der Waals surface area (Å²) >= 11 is 0. The Morgan fingerprint density at radius 3 is 2.65 bits per heavy atom. The summed E-state index contributed by atoms with van der Waals surface area (Å²) in [6.45, 7) is 2.20.